The van der Waals surface area contributed by atoms with Crippen molar-refractivity contribution in [3.05, 3.63) is 120 Å². The molecular formula is C26H20O3. The van der Waals surface area contributed by atoms with Gasteiger partial charge in [-0.25, -0.2) is 0 Å². The van der Waals surface area contributed by atoms with Crippen LogP contribution in [0.15, 0.2) is 103 Å². The maximum atomic E-state index is 14.0. The van der Waals surface area contributed by atoms with Gasteiger partial charge in [0.2, 0.25) is 5.78 Å². The molecule has 0 saturated carbocycles. The zero-order valence-electron chi connectivity index (χ0n) is 15.8. The number of carbonyl (C=O) groups is 1. The summed E-state index contributed by atoms with van der Waals surface area (Å²) in [6.45, 7) is 0.165. The van der Waals surface area contributed by atoms with Gasteiger partial charge in [-0.15, -0.1) is 0 Å². The predicted octanol–water partition coefficient (Wildman–Crippen LogP) is 5.66. The molecular weight excluding hydrogens is 360 g/mol. The molecule has 1 aliphatic heterocycles. The number of carbonyl (C=O) groups excluding carboxylic acids is 1. The number of ketones is 1. The van der Waals surface area contributed by atoms with Gasteiger partial charge in [-0.3, -0.25) is 4.79 Å². The Balaban J connectivity index is 1.63. The minimum absolute atomic E-state index is 0.0843. The fraction of sp³-hybridized carbons (Fsp3) is 0.115. The summed E-state index contributed by atoms with van der Waals surface area (Å²) in [6.07, 6.45) is -0.588. The average Bonchev–Trinajstić information content (AvgIpc) is 3.26. The summed E-state index contributed by atoms with van der Waals surface area (Å²) >= 11 is 0. The second kappa shape index (κ2) is 7.28. The highest BCUT2D eigenvalue weighted by atomic mass is 16.7. The van der Waals surface area contributed by atoms with Gasteiger partial charge in [-0.05, 0) is 16.3 Å². The molecule has 0 radical (unpaired) electrons. The van der Waals surface area contributed by atoms with Gasteiger partial charge in [0.1, 0.15) is 0 Å². The Bertz CT molecular complexity index is 1150. The van der Waals surface area contributed by atoms with Crippen LogP contribution in [0.25, 0.3) is 10.8 Å². The van der Waals surface area contributed by atoms with Gasteiger partial charge < -0.3 is 9.47 Å². The predicted molar refractivity (Wildman–Crippen MR) is 113 cm³/mol. The Morgan fingerprint density at radius 1 is 0.759 bits per heavy atom. The monoisotopic (exact) mass is 380 g/mol. The molecule has 1 heterocycles. The van der Waals surface area contributed by atoms with Crippen LogP contribution in [0.4, 0.5) is 0 Å². The molecule has 0 spiro atoms. The molecule has 142 valence electrons. The smallest absolute Gasteiger partial charge is 0.202 e. The number of hydrogen-bond acceptors (Lipinski definition) is 3. The second-order valence-electron chi connectivity index (χ2n) is 7.22. The minimum atomic E-state index is -1.19. The average molecular weight is 380 g/mol. The van der Waals surface area contributed by atoms with Crippen LogP contribution in [0.5, 0.6) is 0 Å². The molecule has 0 amide bonds. The van der Waals surface area contributed by atoms with E-state index in [1.165, 1.54) is 0 Å². The molecule has 0 N–H and O–H groups in total. The lowest BCUT2D eigenvalue weighted by molar-refractivity contribution is -0.0828. The quantitative estimate of drug-likeness (QED) is 0.428. The fourth-order valence-corrected chi connectivity index (χ4v) is 3.97. The van der Waals surface area contributed by atoms with Gasteiger partial charge >= 0.3 is 0 Å². The van der Waals surface area contributed by atoms with Gasteiger partial charge in [-0.1, -0.05) is 103 Å². The number of ether oxygens (including phenoxy) is 2. The Kier molecular flexibility index (Phi) is 4.47. The van der Waals surface area contributed by atoms with Gasteiger partial charge in [0.05, 0.1) is 6.61 Å². The van der Waals surface area contributed by atoms with Crippen molar-refractivity contribution < 1.29 is 14.3 Å². The number of rotatable bonds is 4. The third kappa shape index (κ3) is 3.05. The van der Waals surface area contributed by atoms with E-state index in [1.807, 2.05) is 103 Å². The summed E-state index contributed by atoms with van der Waals surface area (Å²) in [5, 5.41) is 1.95. The molecule has 0 aliphatic carbocycles. The number of hydrogen-bond donors (Lipinski definition) is 0. The van der Waals surface area contributed by atoms with Crippen molar-refractivity contribution in [2.24, 2.45) is 0 Å². The van der Waals surface area contributed by atoms with E-state index in [2.05, 4.69) is 0 Å². The normalized spacial score (nSPS) is 21.3. The van der Waals surface area contributed by atoms with Crippen LogP contribution in [0.1, 0.15) is 27.8 Å². The lowest BCUT2D eigenvalue weighted by Gasteiger charge is -2.27. The third-order valence-corrected chi connectivity index (χ3v) is 5.46. The molecule has 0 aromatic heterocycles. The maximum Gasteiger partial charge on any atom is 0.202 e. The van der Waals surface area contributed by atoms with Crippen molar-refractivity contribution in [1.82, 2.24) is 0 Å². The van der Waals surface area contributed by atoms with Crippen molar-refractivity contribution in [3.8, 4) is 0 Å². The van der Waals surface area contributed by atoms with E-state index in [0.717, 1.165) is 21.9 Å². The fourth-order valence-electron chi connectivity index (χ4n) is 3.97. The zero-order chi connectivity index (χ0) is 19.7. The van der Waals surface area contributed by atoms with E-state index in [9.17, 15) is 4.79 Å². The van der Waals surface area contributed by atoms with Gasteiger partial charge in [0.15, 0.2) is 11.9 Å². The topological polar surface area (TPSA) is 35.5 Å². The summed E-state index contributed by atoms with van der Waals surface area (Å²) in [4.78, 5) is 14.0. The van der Waals surface area contributed by atoms with Gasteiger partial charge in [0.25, 0.3) is 0 Å². The Labute approximate surface area is 169 Å². The zero-order valence-corrected chi connectivity index (χ0v) is 15.8. The maximum absolute atomic E-state index is 14.0. The highest BCUT2D eigenvalue weighted by molar-refractivity contribution is 6.12. The van der Waals surface area contributed by atoms with Gasteiger partial charge in [-0.2, -0.15) is 0 Å². The van der Waals surface area contributed by atoms with Crippen LogP contribution < -0.4 is 0 Å². The molecule has 1 fully saturated rings. The van der Waals surface area contributed by atoms with Gasteiger partial charge in [0, 0.05) is 11.1 Å². The van der Waals surface area contributed by atoms with Crippen molar-refractivity contribution in [2.45, 2.75) is 11.9 Å². The standard InChI is InChI=1S/C26H20O3/c27-24(23-17-9-13-19-10-7-8-16-22(19)23)26(21-14-5-2-6-15-21)18-28-25(29-26)20-11-3-1-4-12-20/h1-17,25H,18H2. The number of fused-ring (bicyclic) bond motifs is 1. The summed E-state index contributed by atoms with van der Waals surface area (Å²) in [7, 11) is 0. The van der Waals surface area contributed by atoms with E-state index >= 15 is 0 Å². The third-order valence-electron chi connectivity index (χ3n) is 5.46. The highest BCUT2D eigenvalue weighted by Crippen LogP contribution is 2.43. The molecule has 3 heteroatoms. The van der Waals surface area contributed by atoms with Crippen LogP contribution in [-0.2, 0) is 15.1 Å². The SMILES string of the molecule is O=C(c1cccc2ccccc12)C1(c2ccccc2)COC(c2ccccc2)O1. The van der Waals surface area contributed by atoms with Crippen LogP contribution in [0.3, 0.4) is 0 Å². The summed E-state index contributed by atoms with van der Waals surface area (Å²) < 4.78 is 12.4. The molecule has 3 nitrogen and oxygen atoms in total. The summed E-state index contributed by atoms with van der Waals surface area (Å²) in [5.74, 6) is -0.0843. The van der Waals surface area contributed by atoms with Crippen molar-refractivity contribution >= 4 is 16.6 Å². The van der Waals surface area contributed by atoms with E-state index in [1.54, 1.807) is 0 Å². The summed E-state index contributed by atoms with van der Waals surface area (Å²) in [5.41, 5.74) is 1.16. The van der Waals surface area contributed by atoms with E-state index in [4.69, 9.17) is 9.47 Å². The first-order chi connectivity index (χ1) is 14.3. The first-order valence-electron chi connectivity index (χ1n) is 9.70. The van der Waals surface area contributed by atoms with Crippen LogP contribution >= 0.6 is 0 Å². The largest absolute Gasteiger partial charge is 0.344 e. The van der Waals surface area contributed by atoms with Crippen molar-refractivity contribution in [1.29, 1.82) is 0 Å². The lowest BCUT2D eigenvalue weighted by atomic mass is 9.85. The molecule has 4 aromatic rings. The van der Waals surface area contributed by atoms with Crippen LogP contribution in [0.2, 0.25) is 0 Å². The van der Waals surface area contributed by atoms with Crippen LogP contribution in [-0.4, -0.2) is 12.4 Å². The summed E-state index contributed by atoms with van der Waals surface area (Å²) in [6, 6.07) is 33.1. The molecule has 2 atom stereocenters. The first-order valence-corrected chi connectivity index (χ1v) is 9.70. The van der Waals surface area contributed by atoms with Crippen LogP contribution in [0, 0.1) is 0 Å². The Hall–Kier alpha value is -3.27. The minimum Gasteiger partial charge on any atom is -0.344 e. The number of benzene rings is 4. The van der Waals surface area contributed by atoms with E-state index in [0.29, 0.717) is 5.56 Å². The van der Waals surface area contributed by atoms with E-state index < -0.39 is 11.9 Å². The molecule has 0 bridgehead atoms. The molecule has 4 aromatic carbocycles. The second-order valence-corrected chi connectivity index (χ2v) is 7.22. The first kappa shape index (κ1) is 17.8. The molecule has 1 aliphatic rings. The van der Waals surface area contributed by atoms with E-state index in [-0.39, 0.29) is 12.4 Å². The Morgan fingerprint density at radius 2 is 1.41 bits per heavy atom. The molecule has 5 rings (SSSR count). The molecule has 1 saturated heterocycles. The molecule has 2 unspecified atom stereocenters. The lowest BCUT2D eigenvalue weighted by Crippen LogP contribution is -2.38. The highest BCUT2D eigenvalue weighted by Gasteiger charge is 2.50. The molecule has 29 heavy (non-hydrogen) atoms. The number of Topliss-reactive ketones (excluding diaryl/α,β-unsaturated/α-hetero) is 1. The van der Waals surface area contributed by atoms with Crippen molar-refractivity contribution in [2.75, 3.05) is 6.61 Å². The Morgan fingerprint density at radius 3 is 2.21 bits per heavy atom. The van der Waals surface area contributed by atoms with Crippen molar-refractivity contribution in [3.63, 3.8) is 0 Å².